The van der Waals surface area contributed by atoms with Crippen LogP contribution in [0.25, 0.3) is 0 Å². The molecular formula is C14H31NO. The number of rotatable bonds is 9. The molecule has 1 N–H and O–H groups in total. The summed E-state index contributed by atoms with van der Waals surface area (Å²) >= 11 is 0. The molecule has 2 heteroatoms. The number of methoxy groups -OCH3 is 1. The molecule has 98 valence electrons. The summed E-state index contributed by atoms with van der Waals surface area (Å²) in [4.78, 5) is 0. The molecular weight excluding hydrogens is 198 g/mol. The number of hydrogen-bond donors (Lipinski definition) is 1. The summed E-state index contributed by atoms with van der Waals surface area (Å²) in [6.45, 7) is 12.3. The lowest BCUT2D eigenvalue weighted by Gasteiger charge is -2.26. The van der Waals surface area contributed by atoms with Crippen molar-refractivity contribution >= 4 is 0 Å². The highest BCUT2D eigenvalue weighted by Crippen LogP contribution is 2.11. The van der Waals surface area contributed by atoms with Gasteiger partial charge in [0.2, 0.25) is 0 Å². The monoisotopic (exact) mass is 229 g/mol. The van der Waals surface area contributed by atoms with Crippen molar-refractivity contribution in [2.75, 3.05) is 13.7 Å². The molecule has 0 saturated carbocycles. The maximum atomic E-state index is 5.16. The third-order valence-electron chi connectivity index (χ3n) is 3.11. The largest absolute Gasteiger partial charge is 0.385 e. The Morgan fingerprint density at radius 2 is 1.56 bits per heavy atom. The lowest BCUT2D eigenvalue weighted by molar-refractivity contribution is 0.169. The number of nitrogens with one attached hydrogen (secondary N) is 1. The molecule has 2 nitrogen and oxygen atoms in total. The van der Waals surface area contributed by atoms with Crippen molar-refractivity contribution in [3.05, 3.63) is 0 Å². The van der Waals surface area contributed by atoms with Crippen molar-refractivity contribution in [1.29, 1.82) is 0 Å². The number of ether oxygens (including phenoxy) is 1. The Labute approximate surface area is 102 Å². The van der Waals surface area contributed by atoms with E-state index in [0.29, 0.717) is 18.0 Å². The summed E-state index contributed by atoms with van der Waals surface area (Å²) in [6.07, 6.45) is 3.69. The summed E-state index contributed by atoms with van der Waals surface area (Å²) in [5, 5.41) is 3.73. The summed E-state index contributed by atoms with van der Waals surface area (Å²) in [6, 6.07) is 1.20. The summed E-state index contributed by atoms with van der Waals surface area (Å²) in [5.41, 5.74) is 0. The highest BCUT2D eigenvalue weighted by Gasteiger charge is 2.15. The summed E-state index contributed by atoms with van der Waals surface area (Å²) in [7, 11) is 1.78. The van der Waals surface area contributed by atoms with Crippen LogP contribution in [0.4, 0.5) is 0 Å². The van der Waals surface area contributed by atoms with Crippen molar-refractivity contribution in [2.45, 2.75) is 66.0 Å². The van der Waals surface area contributed by atoms with Crippen LogP contribution < -0.4 is 5.32 Å². The van der Waals surface area contributed by atoms with Gasteiger partial charge in [-0.05, 0) is 38.0 Å². The molecule has 0 aromatic carbocycles. The van der Waals surface area contributed by atoms with E-state index in [0.717, 1.165) is 18.9 Å². The molecule has 0 amide bonds. The topological polar surface area (TPSA) is 21.3 Å². The van der Waals surface area contributed by atoms with Gasteiger partial charge in [0, 0.05) is 25.8 Å². The average molecular weight is 229 g/mol. The minimum absolute atomic E-state index is 0.585. The molecule has 0 aromatic rings. The molecule has 0 aliphatic carbocycles. The smallest absolute Gasteiger partial charge is 0.0477 e. The van der Waals surface area contributed by atoms with E-state index in [9.17, 15) is 0 Å². The standard InChI is InChI=1S/C14H31NO/c1-11(2)7-8-13(5)15-14(12(3)4)9-10-16-6/h11-15H,7-10H2,1-6H3. The molecule has 0 fully saturated rings. The molecule has 0 bridgehead atoms. The van der Waals surface area contributed by atoms with Gasteiger partial charge in [-0.2, -0.15) is 0 Å². The van der Waals surface area contributed by atoms with E-state index >= 15 is 0 Å². The maximum Gasteiger partial charge on any atom is 0.0477 e. The van der Waals surface area contributed by atoms with Gasteiger partial charge in [-0.3, -0.25) is 0 Å². The van der Waals surface area contributed by atoms with E-state index < -0.39 is 0 Å². The predicted octanol–water partition coefficient (Wildman–Crippen LogP) is 3.46. The van der Waals surface area contributed by atoms with Gasteiger partial charge in [0.15, 0.2) is 0 Å². The van der Waals surface area contributed by atoms with Crippen molar-refractivity contribution < 1.29 is 4.74 Å². The van der Waals surface area contributed by atoms with E-state index in [1.165, 1.54) is 12.8 Å². The van der Waals surface area contributed by atoms with Crippen LogP contribution in [0.2, 0.25) is 0 Å². The Morgan fingerprint density at radius 3 is 2.00 bits per heavy atom. The first-order valence-electron chi connectivity index (χ1n) is 6.72. The molecule has 0 spiro atoms. The molecule has 2 unspecified atom stereocenters. The molecule has 16 heavy (non-hydrogen) atoms. The van der Waals surface area contributed by atoms with Crippen LogP contribution >= 0.6 is 0 Å². The normalized spacial score (nSPS) is 15.8. The second-order valence-electron chi connectivity index (χ2n) is 5.67. The lowest BCUT2D eigenvalue weighted by Crippen LogP contribution is -2.40. The fraction of sp³-hybridized carbons (Fsp3) is 1.00. The molecule has 0 aliphatic heterocycles. The predicted molar refractivity (Wildman–Crippen MR) is 71.8 cm³/mol. The van der Waals surface area contributed by atoms with E-state index in [4.69, 9.17) is 4.74 Å². The molecule has 0 aliphatic rings. The second-order valence-corrected chi connectivity index (χ2v) is 5.67. The van der Waals surface area contributed by atoms with Crippen molar-refractivity contribution in [3.8, 4) is 0 Å². The van der Waals surface area contributed by atoms with E-state index in [1.54, 1.807) is 7.11 Å². The first-order chi connectivity index (χ1) is 7.47. The first kappa shape index (κ1) is 15.9. The zero-order valence-electron chi connectivity index (χ0n) is 12.0. The third-order valence-corrected chi connectivity index (χ3v) is 3.11. The van der Waals surface area contributed by atoms with Crippen LogP contribution in [-0.2, 0) is 4.74 Å². The highest BCUT2D eigenvalue weighted by molar-refractivity contribution is 4.74. The van der Waals surface area contributed by atoms with Gasteiger partial charge in [0.1, 0.15) is 0 Å². The van der Waals surface area contributed by atoms with Gasteiger partial charge in [-0.15, -0.1) is 0 Å². The van der Waals surface area contributed by atoms with Crippen molar-refractivity contribution in [3.63, 3.8) is 0 Å². The maximum absolute atomic E-state index is 5.16. The quantitative estimate of drug-likeness (QED) is 0.654. The molecule has 0 radical (unpaired) electrons. The Kier molecular flexibility index (Phi) is 8.96. The van der Waals surface area contributed by atoms with E-state index in [1.807, 2.05) is 0 Å². The van der Waals surface area contributed by atoms with Crippen LogP contribution in [0.5, 0.6) is 0 Å². The van der Waals surface area contributed by atoms with Crippen LogP contribution in [-0.4, -0.2) is 25.8 Å². The SMILES string of the molecule is COCCC(NC(C)CCC(C)C)C(C)C. The lowest BCUT2D eigenvalue weighted by atomic mass is 9.98. The fourth-order valence-corrected chi connectivity index (χ4v) is 1.89. The Balaban J connectivity index is 3.88. The highest BCUT2D eigenvalue weighted by atomic mass is 16.5. The van der Waals surface area contributed by atoms with Crippen molar-refractivity contribution in [1.82, 2.24) is 5.32 Å². The summed E-state index contributed by atoms with van der Waals surface area (Å²) in [5.74, 6) is 1.48. The van der Waals surface area contributed by atoms with Gasteiger partial charge in [0.25, 0.3) is 0 Å². The third kappa shape index (κ3) is 8.12. The summed E-state index contributed by atoms with van der Waals surface area (Å²) < 4.78 is 5.16. The minimum atomic E-state index is 0.585. The van der Waals surface area contributed by atoms with E-state index in [2.05, 4.69) is 39.9 Å². The van der Waals surface area contributed by atoms with Crippen LogP contribution in [0.15, 0.2) is 0 Å². The van der Waals surface area contributed by atoms with E-state index in [-0.39, 0.29) is 0 Å². The fourth-order valence-electron chi connectivity index (χ4n) is 1.89. The van der Waals surface area contributed by atoms with Gasteiger partial charge < -0.3 is 10.1 Å². The molecule has 0 rings (SSSR count). The van der Waals surface area contributed by atoms with Crippen molar-refractivity contribution in [2.24, 2.45) is 11.8 Å². The Hall–Kier alpha value is -0.0800. The van der Waals surface area contributed by atoms with Gasteiger partial charge >= 0.3 is 0 Å². The zero-order valence-corrected chi connectivity index (χ0v) is 12.0. The Morgan fingerprint density at radius 1 is 0.938 bits per heavy atom. The molecule has 0 heterocycles. The molecule has 0 aromatic heterocycles. The average Bonchev–Trinajstić information content (AvgIpc) is 2.20. The molecule has 0 saturated heterocycles. The van der Waals surface area contributed by atoms with Gasteiger partial charge in [-0.25, -0.2) is 0 Å². The first-order valence-corrected chi connectivity index (χ1v) is 6.72. The second kappa shape index (κ2) is 9.00. The molecule has 2 atom stereocenters. The van der Waals surface area contributed by atoms with Crippen LogP contribution in [0.3, 0.4) is 0 Å². The Bertz CT molecular complexity index is 157. The minimum Gasteiger partial charge on any atom is -0.385 e. The van der Waals surface area contributed by atoms with Gasteiger partial charge in [-0.1, -0.05) is 27.7 Å². The zero-order chi connectivity index (χ0) is 12.6. The van der Waals surface area contributed by atoms with Crippen LogP contribution in [0, 0.1) is 11.8 Å². The van der Waals surface area contributed by atoms with Crippen LogP contribution in [0.1, 0.15) is 53.9 Å². The van der Waals surface area contributed by atoms with Gasteiger partial charge in [0.05, 0.1) is 0 Å². The number of hydrogen-bond acceptors (Lipinski definition) is 2.